The molecular formula is C18H30N4. The van der Waals surface area contributed by atoms with Gasteiger partial charge < -0.3 is 15.1 Å². The van der Waals surface area contributed by atoms with E-state index in [4.69, 9.17) is 0 Å². The van der Waals surface area contributed by atoms with Gasteiger partial charge in [0.05, 0.1) is 6.04 Å². The van der Waals surface area contributed by atoms with Gasteiger partial charge in [-0.3, -0.25) is 4.99 Å². The minimum Gasteiger partial charge on any atom is -0.354 e. The van der Waals surface area contributed by atoms with Gasteiger partial charge in [0, 0.05) is 26.7 Å². The normalized spacial score (nSPS) is 19.5. The Morgan fingerprint density at radius 1 is 1.32 bits per heavy atom. The molecule has 1 fully saturated rings. The van der Waals surface area contributed by atoms with Gasteiger partial charge in [-0.15, -0.1) is 0 Å². The molecule has 1 aliphatic rings. The van der Waals surface area contributed by atoms with E-state index in [1.807, 2.05) is 7.05 Å². The lowest BCUT2D eigenvalue weighted by atomic mass is 9.93. The minimum atomic E-state index is 0.341. The second-order valence-corrected chi connectivity index (χ2v) is 7.15. The van der Waals surface area contributed by atoms with E-state index in [9.17, 15) is 0 Å². The topological polar surface area (TPSA) is 30.9 Å². The van der Waals surface area contributed by atoms with Crippen molar-refractivity contribution >= 4 is 5.96 Å². The lowest BCUT2D eigenvalue weighted by molar-refractivity contribution is 0.294. The molecule has 1 atom stereocenters. The molecule has 0 aromatic heterocycles. The monoisotopic (exact) mass is 302 g/mol. The van der Waals surface area contributed by atoms with E-state index >= 15 is 0 Å². The predicted octanol–water partition coefficient (Wildman–Crippen LogP) is 2.60. The average molecular weight is 302 g/mol. The van der Waals surface area contributed by atoms with Crippen LogP contribution in [0.2, 0.25) is 0 Å². The molecule has 1 heterocycles. The van der Waals surface area contributed by atoms with Gasteiger partial charge in [0.15, 0.2) is 5.96 Å². The molecule has 0 radical (unpaired) electrons. The molecule has 0 spiro atoms. The van der Waals surface area contributed by atoms with Crippen LogP contribution in [0.15, 0.2) is 35.3 Å². The Morgan fingerprint density at radius 2 is 2.00 bits per heavy atom. The molecule has 4 nitrogen and oxygen atoms in total. The van der Waals surface area contributed by atoms with Crippen LogP contribution in [0.25, 0.3) is 0 Å². The first-order valence-electron chi connectivity index (χ1n) is 8.10. The number of aliphatic imine (C=N–C) groups is 1. The smallest absolute Gasteiger partial charge is 0.193 e. The number of nitrogens with zero attached hydrogens (tertiary/aromatic N) is 3. The van der Waals surface area contributed by atoms with Crippen molar-refractivity contribution in [1.82, 2.24) is 15.1 Å². The van der Waals surface area contributed by atoms with Crippen molar-refractivity contribution in [2.24, 2.45) is 10.4 Å². The molecule has 1 aliphatic heterocycles. The maximum atomic E-state index is 4.47. The molecule has 2 rings (SSSR count). The van der Waals surface area contributed by atoms with E-state index in [-0.39, 0.29) is 0 Å². The van der Waals surface area contributed by atoms with Crippen LogP contribution in [0.1, 0.15) is 31.9 Å². The summed E-state index contributed by atoms with van der Waals surface area (Å²) in [5, 5.41) is 3.56. The van der Waals surface area contributed by atoms with Crippen LogP contribution >= 0.6 is 0 Å². The SMILES string of the molecule is CN=C(NCC(c1ccccc1)N(C)C)N1CCC(C)(C)C1. The van der Waals surface area contributed by atoms with E-state index in [0.29, 0.717) is 11.5 Å². The van der Waals surface area contributed by atoms with Crippen molar-refractivity contribution in [2.45, 2.75) is 26.3 Å². The number of nitrogens with one attached hydrogen (secondary N) is 1. The number of guanidine groups is 1. The number of hydrogen-bond acceptors (Lipinski definition) is 2. The maximum Gasteiger partial charge on any atom is 0.193 e. The van der Waals surface area contributed by atoms with Crippen molar-refractivity contribution in [3.05, 3.63) is 35.9 Å². The molecule has 1 unspecified atom stereocenters. The Labute approximate surface area is 135 Å². The number of benzene rings is 1. The van der Waals surface area contributed by atoms with E-state index in [0.717, 1.165) is 25.6 Å². The van der Waals surface area contributed by atoms with Crippen LogP contribution in [0.3, 0.4) is 0 Å². The molecule has 4 heteroatoms. The third-order valence-electron chi connectivity index (χ3n) is 4.45. The summed E-state index contributed by atoms with van der Waals surface area (Å²) >= 11 is 0. The van der Waals surface area contributed by atoms with Gasteiger partial charge in [0.25, 0.3) is 0 Å². The van der Waals surface area contributed by atoms with Crippen LogP contribution in [0.4, 0.5) is 0 Å². The molecule has 1 saturated heterocycles. The second-order valence-electron chi connectivity index (χ2n) is 7.15. The van der Waals surface area contributed by atoms with Crippen LogP contribution in [-0.2, 0) is 0 Å². The maximum absolute atomic E-state index is 4.47. The van der Waals surface area contributed by atoms with Gasteiger partial charge in [-0.2, -0.15) is 0 Å². The van der Waals surface area contributed by atoms with Crippen LogP contribution < -0.4 is 5.32 Å². The first kappa shape index (κ1) is 16.8. The fourth-order valence-electron chi connectivity index (χ4n) is 3.09. The van der Waals surface area contributed by atoms with Gasteiger partial charge in [-0.05, 0) is 31.5 Å². The molecule has 122 valence electrons. The standard InChI is InChI=1S/C18H30N4/c1-18(2)11-12-22(14-18)17(19-3)20-13-16(21(4)5)15-9-7-6-8-10-15/h6-10,16H,11-14H2,1-5H3,(H,19,20). The summed E-state index contributed by atoms with van der Waals surface area (Å²) < 4.78 is 0. The molecule has 22 heavy (non-hydrogen) atoms. The number of hydrogen-bond donors (Lipinski definition) is 1. The number of likely N-dealkylation sites (N-methyl/N-ethyl adjacent to an activating group) is 1. The van der Waals surface area contributed by atoms with Crippen molar-refractivity contribution in [2.75, 3.05) is 40.8 Å². The van der Waals surface area contributed by atoms with E-state index in [2.05, 4.69) is 78.4 Å². The number of rotatable bonds is 4. The molecule has 0 saturated carbocycles. The zero-order chi connectivity index (χ0) is 16.2. The highest BCUT2D eigenvalue weighted by Gasteiger charge is 2.31. The second kappa shape index (κ2) is 7.14. The van der Waals surface area contributed by atoms with Crippen molar-refractivity contribution in [1.29, 1.82) is 0 Å². The summed E-state index contributed by atoms with van der Waals surface area (Å²) in [6.07, 6.45) is 1.23. The Bertz CT molecular complexity index is 493. The first-order valence-corrected chi connectivity index (χ1v) is 8.10. The van der Waals surface area contributed by atoms with Gasteiger partial charge >= 0.3 is 0 Å². The van der Waals surface area contributed by atoms with Gasteiger partial charge in [0.1, 0.15) is 0 Å². The molecule has 1 aromatic carbocycles. The fraction of sp³-hybridized carbons (Fsp3) is 0.611. The summed E-state index contributed by atoms with van der Waals surface area (Å²) in [6.45, 7) is 7.68. The van der Waals surface area contributed by atoms with E-state index in [1.165, 1.54) is 12.0 Å². The fourth-order valence-corrected chi connectivity index (χ4v) is 3.09. The highest BCUT2D eigenvalue weighted by atomic mass is 15.3. The molecular weight excluding hydrogens is 272 g/mol. The molecule has 0 aliphatic carbocycles. The highest BCUT2D eigenvalue weighted by Crippen LogP contribution is 2.28. The zero-order valence-corrected chi connectivity index (χ0v) is 14.6. The highest BCUT2D eigenvalue weighted by molar-refractivity contribution is 5.80. The summed E-state index contributed by atoms with van der Waals surface area (Å²) in [7, 11) is 6.13. The summed E-state index contributed by atoms with van der Waals surface area (Å²) in [5.41, 5.74) is 1.72. The number of likely N-dealkylation sites (tertiary alicyclic amines) is 1. The third kappa shape index (κ3) is 4.23. The van der Waals surface area contributed by atoms with E-state index < -0.39 is 0 Å². The lowest BCUT2D eigenvalue weighted by Crippen LogP contribution is -2.44. The molecule has 0 amide bonds. The Kier molecular flexibility index (Phi) is 5.46. The minimum absolute atomic E-state index is 0.341. The van der Waals surface area contributed by atoms with Crippen LogP contribution in [-0.4, -0.2) is 56.5 Å². The van der Waals surface area contributed by atoms with E-state index in [1.54, 1.807) is 0 Å². The first-order chi connectivity index (χ1) is 10.4. The third-order valence-corrected chi connectivity index (χ3v) is 4.45. The Hall–Kier alpha value is -1.55. The van der Waals surface area contributed by atoms with Gasteiger partial charge in [-0.1, -0.05) is 44.2 Å². The summed E-state index contributed by atoms with van der Waals surface area (Å²) in [4.78, 5) is 9.10. The van der Waals surface area contributed by atoms with Crippen molar-refractivity contribution in [3.63, 3.8) is 0 Å². The van der Waals surface area contributed by atoms with Crippen molar-refractivity contribution in [3.8, 4) is 0 Å². The Balaban J connectivity index is 2.00. The lowest BCUT2D eigenvalue weighted by Gasteiger charge is -2.29. The molecule has 0 bridgehead atoms. The van der Waals surface area contributed by atoms with Gasteiger partial charge in [0.2, 0.25) is 0 Å². The predicted molar refractivity (Wildman–Crippen MR) is 94.2 cm³/mol. The molecule has 1 N–H and O–H groups in total. The van der Waals surface area contributed by atoms with Gasteiger partial charge in [-0.25, -0.2) is 0 Å². The van der Waals surface area contributed by atoms with Crippen LogP contribution in [0, 0.1) is 5.41 Å². The average Bonchev–Trinajstić information content (AvgIpc) is 2.84. The zero-order valence-electron chi connectivity index (χ0n) is 14.6. The Morgan fingerprint density at radius 3 is 2.50 bits per heavy atom. The van der Waals surface area contributed by atoms with Crippen LogP contribution in [0.5, 0.6) is 0 Å². The largest absolute Gasteiger partial charge is 0.354 e. The summed E-state index contributed by atoms with van der Waals surface area (Å²) in [6, 6.07) is 11.0. The molecule has 1 aromatic rings. The summed E-state index contributed by atoms with van der Waals surface area (Å²) in [5.74, 6) is 1.02. The quantitative estimate of drug-likeness (QED) is 0.685. The van der Waals surface area contributed by atoms with Crippen molar-refractivity contribution < 1.29 is 0 Å².